The molecule has 2 aromatic carbocycles. The molecule has 2 bridgehead atoms. The van der Waals surface area contributed by atoms with E-state index in [2.05, 4.69) is 10.1 Å². The predicted molar refractivity (Wildman–Crippen MR) is 120 cm³/mol. The van der Waals surface area contributed by atoms with Gasteiger partial charge in [-0.05, 0) is 49.2 Å². The maximum atomic E-state index is 13.3. The third kappa shape index (κ3) is 3.84. The zero-order valence-corrected chi connectivity index (χ0v) is 18.8. The van der Waals surface area contributed by atoms with E-state index < -0.39 is 17.6 Å². The predicted octanol–water partition coefficient (Wildman–Crippen LogP) is 3.55. The second-order valence-electron chi connectivity index (χ2n) is 8.62. The van der Waals surface area contributed by atoms with Crippen LogP contribution >= 0.6 is 11.6 Å². The van der Waals surface area contributed by atoms with Crippen molar-refractivity contribution >= 4 is 23.4 Å². The number of fused-ring (bicyclic) bond motifs is 4. The summed E-state index contributed by atoms with van der Waals surface area (Å²) in [5.41, 5.74) is 6.48. The summed E-state index contributed by atoms with van der Waals surface area (Å²) in [6.07, 6.45) is 1.54. The van der Waals surface area contributed by atoms with Crippen molar-refractivity contribution in [3.05, 3.63) is 65.0 Å². The van der Waals surface area contributed by atoms with E-state index in [-0.39, 0.29) is 11.8 Å². The number of aromatic nitrogens is 2. The Morgan fingerprint density at radius 2 is 2.00 bits per heavy atom. The van der Waals surface area contributed by atoms with Gasteiger partial charge in [0.25, 0.3) is 0 Å². The maximum absolute atomic E-state index is 13.3. The van der Waals surface area contributed by atoms with Crippen molar-refractivity contribution in [2.24, 2.45) is 11.7 Å². The number of piperidine rings is 1. The topological polar surface area (TPSA) is 112 Å². The summed E-state index contributed by atoms with van der Waals surface area (Å²) < 4.78 is 11.6. The second kappa shape index (κ2) is 8.19. The molecule has 1 aromatic heterocycles. The SMILES string of the molecule is C[C@@]12C[C@@H](c3ccccc3O1)[C@@H](C(N)=O)C(=O)N2CCCc1nc(-c2ccc(Cl)cc2)no1. The Morgan fingerprint density at radius 3 is 2.76 bits per heavy atom. The molecule has 5 rings (SSSR count). The van der Waals surface area contributed by atoms with E-state index in [9.17, 15) is 9.59 Å². The van der Waals surface area contributed by atoms with Crippen LogP contribution in [0.15, 0.2) is 53.1 Å². The largest absolute Gasteiger partial charge is 0.468 e. The smallest absolute Gasteiger partial charge is 0.238 e. The third-order valence-electron chi connectivity index (χ3n) is 6.40. The molecule has 0 unspecified atom stereocenters. The summed E-state index contributed by atoms with van der Waals surface area (Å²) >= 11 is 5.93. The number of aryl methyl sites for hydroxylation is 1. The van der Waals surface area contributed by atoms with Crippen molar-refractivity contribution in [2.45, 2.75) is 37.8 Å². The lowest BCUT2D eigenvalue weighted by molar-refractivity contribution is -0.175. The molecule has 170 valence electrons. The van der Waals surface area contributed by atoms with E-state index in [1.165, 1.54) is 0 Å². The summed E-state index contributed by atoms with van der Waals surface area (Å²) in [6.45, 7) is 2.25. The highest BCUT2D eigenvalue weighted by Gasteiger charge is 2.55. The Morgan fingerprint density at radius 1 is 1.24 bits per heavy atom. The number of carbonyl (C=O) groups is 2. The molecule has 2 amide bonds. The average molecular weight is 467 g/mol. The summed E-state index contributed by atoms with van der Waals surface area (Å²) in [7, 11) is 0. The fraction of sp³-hybridized carbons (Fsp3) is 0.333. The number of para-hydroxylation sites is 1. The van der Waals surface area contributed by atoms with Gasteiger partial charge >= 0.3 is 0 Å². The van der Waals surface area contributed by atoms with Crippen LogP contribution in [-0.4, -0.2) is 39.1 Å². The molecule has 3 atom stereocenters. The number of benzene rings is 2. The number of halogens is 1. The lowest BCUT2D eigenvalue weighted by atomic mass is 9.73. The molecule has 2 aliphatic rings. The van der Waals surface area contributed by atoms with Gasteiger partial charge in [0.05, 0.1) is 0 Å². The van der Waals surface area contributed by atoms with Crippen LogP contribution in [0, 0.1) is 5.92 Å². The highest BCUT2D eigenvalue weighted by molar-refractivity contribution is 6.30. The van der Waals surface area contributed by atoms with Crippen LogP contribution in [0.2, 0.25) is 5.02 Å². The molecular formula is C24H23ClN4O4. The van der Waals surface area contributed by atoms with Crippen LogP contribution in [0.3, 0.4) is 0 Å². The molecule has 0 radical (unpaired) electrons. The summed E-state index contributed by atoms with van der Waals surface area (Å²) in [5.74, 6) is -0.492. The third-order valence-corrected chi connectivity index (χ3v) is 6.65. The molecule has 3 aromatic rings. The van der Waals surface area contributed by atoms with Gasteiger partial charge in [0, 0.05) is 35.9 Å². The number of primary amides is 1. The molecule has 0 saturated carbocycles. The zero-order valence-electron chi connectivity index (χ0n) is 18.0. The first-order valence-corrected chi connectivity index (χ1v) is 11.2. The van der Waals surface area contributed by atoms with Gasteiger partial charge in [-0.3, -0.25) is 9.59 Å². The molecule has 1 fully saturated rings. The number of nitrogens with zero attached hydrogens (tertiary/aromatic N) is 3. The standard InChI is InChI=1S/C24H23ClN4O4/c1-24-13-17(16-5-2-3-6-18(16)32-24)20(21(26)30)23(31)29(24)12-4-7-19-27-22(28-33-19)14-8-10-15(25)11-9-14/h2-3,5-6,8-11,17,20H,4,7,12-13H2,1H3,(H2,26,30)/t17-,20-,24-/m0/s1. The average Bonchev–Trinajstić information content (AvgIpc) is 3.25. The van der Waals surface area contributed by atoms with Crippen molar-refractivity contribution in [3.63, 3.8) is 0 Å². The highest BCUT2D eigenvalue weighted by atomic mass is 35.5. The molecule has 3 heterocycles. The summed E-state index contributed by atoms with van der Waals surface area (Å²) in [6, 6.07) is 14.7. The van der Waals surface area contributed by atoms with E-state index in [1.54, 1.807) is 17.0 Å². The van der Waals surface area contributed by atoms with Crippen LogP contribution in [0.1, 0.15) is 37.1 Å². The van der Waals surface area contributed by atoms with E-state index in [4.69, 9.17) is 26.6 Å². The van der Waals surface area contributed by atoms with Gasteiger partial charge in [0.1, 0.15) is 11.7 Å². The van der Waals surface area contributed by atoms with E-state index >= 15 is 0 Å². The summed E-state index contributed by atoms with van der Waals surface area (Å²) in [4.78, 5) is 31.7. The number of hydrogen-bond donors (Lipinski definition) is 1. The molecule has 1 saturated heterocycles. The quantitative estimate of drug-likeness (QED) is 0.556. The van der Waals surface area contributed by atoms with E-state index in [0.29, 0.717) is 48.3 Å². The maximum Gasteiger partial charge on any atom is 0.238 e. The molecule has 9 heteroatoms. The molecule has 8 nitrogen and oxygen atoms in total. The minimum absolute atomic E-state index is 0.293. The Balaban J connectivity index is 1.32. The number of likely N-dealkylation sites (tertiary alicyclic amines) is 1. The molecular weight excluding hydrogens is 444 g/mol. The molecule has 0 spiro atoms. The van der Waals surface area contributed by atoms with Gasteiger partial charge in [-0.25, -0.2) is 0 Å². The minimum Gasteiger partial charge on any atom is -0.468 e. The molecule has 2 N–H and O–H groups in total. The Hall–Kier alpha value is -3.39. The van der Waals surface area contributed by atoms with Gasteiger partial charge in [-0.1, -0.05) is 35.0 Å². The lowest BCUT2D eigenvalue weighted by Crippen LogP contribution is -2.64. The number of ether oxygens (including phenoxy) is 1. The number of rotatable bonds is 6. The van der Waals surface area contributed by atoms with E-state index in [0.717, 1.165) is 11.1 Å². The molecule has 0 aliphatic carbocycles. The van der Waals surface area contributed by atoms with Crippen molar-refractivity contribution in [1.29, 1.82) is 0 Å². The number of hydrogen-bond acceptors (Lipinski definition) is 6. The summed E-state index contributed by atoms with van der Waals surface area (Å²) in [5, 5.41) is 4.66. The fourth-order valence-corrected chi connectivity index (χ4v) is 4.97. The van der Waals surface area contributed by atoms with Crippen molar-refractivity contribution in [2.75, 3.05) is 6.54 Å². The number of carbonyl (C=O) groups excluding carboxylic acids is 2. The van der Waals surface area contributed by atoms with Crippen LogP contribution < -0.4 is 10.5 Å². The second-order valence-corrected chi connectivity index (χ2v) is 9.05. The Labute approximate surface area is 195 Å². The van der Waals surface area contributed by atoms with Gasteiger partial charge in [-0.2, -0.15) is 4.98 Å². The normalized spacial score (nSPS) is 23.7. The van der Waals surface area contributed by atoms with Crippen molar-refractivity contribution < 1.29 is 18.8 Å². The minimum atomic E-state index is -0.914. The monoisotopic (exact) mass is 466 g/mol. The first kappa shape index (κ1) is 21.5. The van der Waals surface area contributed by atoms with Gasteiger partial charge in [0.2, 0.25) is 23.5 Å². The zero-order chi connectivity index (χ0) is 23.2. The molecule has 2 aliphatic heterocycles. The first-order valence-electron chi connectivity index (χ1n) is 10.8. The van der Waals surface area contributed by atoms with Gasteiger partial charge in [-0.15, -0.1) is 0 Å². The van der Waals surface area contributed by atoms with Gasteiger partial charge in [0.15, 0.2) is 5.72 Å². The van der Waals surface area contributed by atoms with Crippen LogP contribution in [0.5, 0.6) is 5.75 Å². The fourth-order valence-electron chi connectivity index (χ4n) is 4.84. The Bertz CT molecular complexity index is 1210. The van der Waals surface area contributed by atoms with Crippen molar-refractivity contribution in [3.8, 4) is 17.1 Å². The first-order chi connectivity index (χ1) is 15.9. The van der Waals surface area contributed by atoms with Crippen LogP contribution in [0.25, 0.3) is 11.4 Å². The van der Waals surface area contributed by atoms with Gasteiger partial charge < -0.3 is 19.9 Å². The number of amides is 2. The van der Waals surface area contributed by atoms with E-state index in [1.807, 2.05) is 43.3 Å². The highest BCUT2D eigenvalue weighted by Crippen LogP contribution is 2.50. The van der Waals surface area contributed by atoms with Crippen LogP contribution in [-0.2, 0) is 16.0 Å². The van der Waals surface area contributed by atoms with Crippen molar-refractivity contribution in [1.82, 2.24) is 15.0 Å². The molecule has 33 heavy (non-hydrogen) atoms. The lowest BCUT2D eigenvalue weighted by Gasteiger charge is -2.52. The number of nitrogens with two attached hydrogens (primary N) is 1. The Kier molecular flexibility index (Phi) is 5.32. The van der Waals surface area contributed by atoms with Crippen LogP contribution in [0.4, 0.5) is 0 Å².